The molecule has 4 heteroatoms. The van der Waals surface area contributed by atoms with E-state index in [0.717, 1.165) is 19.5 Å². The van der Waals surface area contributed by atoms with Gasteiger partial charge in [0.15, 0.2) is 0 Å². The van der Waals surface area contributed by atoms with E-state index >= 15 is 0 Å². The predicted molar refractivity (Wildman–Crippen MR) is 64.5 cm³/mol. The SMILES string of the molecule is C[C@@H]1CN(C(=O)OC(C)(C)C)CC[C@H](C)N1. The second kappa shape index (κ2) is 5.04. The summed E-state index contributed by atoms with van der Waals surface area (Å²) in [7, 11) is 0. The molecule has 0 aromatic rings. The molecule has 1 saturated heterocycles. The first-order valence-electron chi connectivity index (χ1n) is 6.02. The topological polar surface area (TPSA) is 41.6 Å². The van der Waals surface area contributed by atoms with Gasteiger partial charge in [-0.05, 0) is 41.0 Å². The number of hydrogen-bond acceptors (Lipinski definition) is 3. The molecule has 16 heavy (non-hydrogen) atoms. The Balaban J connectivity index is 2.55. The van der Waals surface area contributed by atoms with E-state index < -0.39 is 5.60 Å². The van der Waals surface area contributed by atoms with Crippen LogP contribution in [0.4, 0.5) is 4.79 Å². The summed E-state index contributed by atoms with van der Waals surface area (Å²) < 4.78 is 5.38. The van der Waals surface area contributed by atoms with E-state index in [4.69, 9.17) is 4.74 Å². The number of hydrogen-bond donors (Lipinski definition) is 1. The Labute approximate surface area is 98.3 Å². The van der Waals surface area contributed by atoms with Crippen LogP contribution in [0.15, 0.2) is 0 Å². The summed E-state index contributed by atoms with van der Waals surface area (Å²) in [4.78, 5) is 13.7. The zero-order chi connectivity index (χ0) is 12.3. The average Bonchev–Trinajstić information content (AvgIpc) is 2.23. The van der Waals surface area contributed by atoms with E-state index in [0.29, 0.717) is 12.1 Å². The van der Waals surface area contributed by atoms with Crippen LogP contribution in [-0.4, -0.2) is 41.8 Å². The van der Waals surface area contributed by atoms with Crippen LogP contribution < -0.4 is 5.32 Å². The third kappa shape index (κ3) is 4.39. The first-order valence-corrected chi connectivity index (χ1v) is 6.02. The molecule has 1 heterocycles. The molecule has 0 spiro atoms. The highest BCUT2D eigenvalue weighted by Gasteiger charge is 2.26. The third-order valence-corrected chi connectivity index (χ3v) is 2.55. The third-order valence-electron chi connectivity index (χ3n) is 2.55. The minimum absolute atomic E-state index is 0.199. The lowest BCUT2D eigenvalue weighted by Gasteiger charge is -2.27. The van der Waals surface area contributed by atoms with Gasteiger partial charge in [-0.3, -0.25) is 0 Å². The monoisotopic (exact) mass is 228 g/mol. The van der Waals surface area contributed by atoms with E-state index in [1.165, 1.54) is 0 Å². The van der Waals surface area contributed by atoms with Crippen LogP contribution in [0.25, 0.3) is 0 Å². The van der Waals surface area contributed by atoms with Gasteiger partial charge in [0.05, 0.1) is 0 Å². The van der Waals surface area contributed by atoms with Crippen molar-refractivity contribution in [3.8, 4) is 0 Å². The van der Waals surface area contributed by atoms with Gasteiger partial charge in [-0.2, -0.15) is 0 Å². The molecule has 1 N–H and O–H groups in total. The first kappa shape index (κ1) is 13.3. The molecule has 94 valence electrons. The predicted octanol–water partition coefficient (Wildman–Crippen LogP) is 1.99. The highest BCUT2D eigenvalue weighted by molar-refractivity contribution is 5.68. The van der Waals surface area contributed by atoms with Crippen LogP contribution in [0, 0.1) is 0 Å². The van der Waals surface area contributed by atoms with Gasteiger partial charge in [-0.15, -0.1) is 0 Å². The molecule has 4 nitrogen and oxygen atoms in total. The molecule has 0 aromatic carbocycles. The summed E-state index contributed by atoms with van der Waals surface area (Å²) in [6.07, 6.45) is 0.777. The number of carbonyl (C=O) groups excluding carboxylic acids is 1. The summed E-state index contributed by atoms with van der Waals surface area (Å²) in [6.45, 7) is 11.4. The number of rotatable bonds is 0. The minimum Gasteiger partial charge on any atom is -0.444 e. The van der Waals surface area contributed by atoms with Crippen molar-refractivity contribution in [2.24, 2.45) is 0 Å². The van der Waals surface area contributed by atoms with Crippen LogP contribution in [0.3, 0.4) is 0 Å². The molecule has 0 saturated carbocycles. The quantitative estimate of drug-likeness (QED) is 0.689. The Kier molecular flexibility index (Phi) is 4.19. The second-order valence-corrected chi connectivity index (χ2v) is 5.68. The summed E-state index contributed by atoms with van der Waals surface area (Å²) >= 11 is 0. The molecule has 0 radical (unpaired) electrons. The molecule has 0 unspecified atom stereocenters. The van der Waals surface area contributed by atoms with E-state index in [9.17, 15) is 4.79 Å². The molecule has 0 aromatic heterocycles. The first-order chi connectivity index (χ1) is 7.28. The molecule has 0 aliphatic carbocycles. The second-order valence-electron chi connectivity index (χ2n) is 5.68. The van der Waals surface area contributed by atoms with Gasteiger partial charge in [0.1, 0.15) is 5.60 Å². The molecule has 1 aliphatic heterocycles. The summed E-state index contributed by atoms with van der Waals surface area (Å²) in [5.41, 5.74) is -0.411. The van der Waals surface area contributed by atoms with Crippen LogP contribution in [0.5, 0.6) is 0 Å². The van der Waals surface area contributed by atoms with Crippen LogP contribution in [-0.2, 0) is 4.74 Å². The van der Waals surface area contributed by atoms with Crippen molar-refractivity contribution in [2.75, 3.05) is 13.1 Å². The fourth-order valence-electron chi connectivity index (χ4n) is 1.89. The maximum atomic E-state index is 11.9. The molecule has 2 atom stereocenters. The fourth-order valence-corrected chi connectivity index (χ4v) is 1.89. The van der Waals surface area contributed by atoms with Crippen LogP contribution >= 0.6 is 0 Å². The molecule has 1 aliphatic rings. The Morgan fingerprint density at radius 3 is 2.50 bits per heavy atom. The van der Waals surface area contributed by atoms with Gasteiger partial charge in [-0.1, -0.05) is 0 Å². The van der Waals surface area contributed by atoms with E-state index in [1.807, 2.05) is 20.8 Å². The standard InChI is InChI=1S/C12H24N2O2/c1-9-6-7-14(8-10(2)13-9)11(15)16-12(3,4)5/h9-10,13H,6-8H2,1-5H3/t9-,10+/m0/s1. The lowest BCUT2D eigenvalue weighted by molar-refractivity contribution is 0.0249. The van der Waals surface area contributed by atoms with E-state index in [2.05, 4.69) is 19.2 Å². The van der Waals surface area contributed by atoms with Crippen molar-refractivity contribution in [3.63, 3.8) is 0 Å². The summed E-state index contributed by atoms with van der Waals surface area (Å²) in [6, 6.07) is 0.785. The molecular weight excluding hydrogens is 204 g/mol. The maximum Gasteiger partial charge on any atom is 0.410 e. The molecule has 0 bridgehead atoms. The van der Waals surface area contributed by atoms with E-state index in [1.54, 1.807) is 4.90 Å². The fraction of sp³-hybridized carbons (Fsp3) is 0.917. The van der Waals surface area contributed by atoms with Gasteiger partial charge in [0.25, 0.3) is 0 Å². The van der Waals surface area contributed by atoms with E-state index in [-0.39, 0.29) is 6.09 Å². The van der Waals surface area contributed by atoms with Crippen molar-refractivity contribution in [1.82, 2.24) is 10.2 Å². The van der Waals surface area contributed by atoms with Crippen LogP contribution in [0.2, 0.25) is 0 Å². The van der Waals surface area contributed by atoms with Crippen LogP contribution in [0.1, 0.15) is 41.0 Å². The lowest BCUT2D eigenvalue weighted by atomic mass is 10.2. The Morgan fingerprint density at radius 1 is 1.31 bits per heavy atom. The smallest absolute Gasteiger partial charge is 0.410 e. The van der Waals surface area contributed by atoms with Crippen molar-refractivity contribution in [3.05, 3.63) is 0 Å². The van der Waals surface area contributed by atoms with Crippen molar-refractivity contribution in [1.29, 1.82) is 0 Å². The number of amides is 1. The van der Waals surface area contributed by atoms with Gasteiger partial charge in [0.2, 0.25) is 0 Å². The highest BCUT2D eigenvalue weighted by Crippen LogP contribution is 2.12. The number of carbonyl (C=O) groups is 1. The molecule has 1 amide bonds. The Hall–Kier alpha value is -0.770. The van der Waals surface area contributed by atoms with Gasteiger partial charge in [-0.25, -0.2) is 4.79 Å². The highest BCUT2D eigenvalue weighted by atomic mass is 16.6. The van der Waals surface area contributed by atoms with Gasteiger partial charge < -0.3 is 15.0 Å². The minimum atomic E-state index is -0.411. The zero-order valence-electron chi connectivity index (χ0n) is 11.0. The lowest BCUT2D eigenvalue weighted by Crippen LogP contribution is -2.42. The number of nitrogens with one attached hydrogen (secondary N) is 1. The van der Waals surface area contributed by atoms with Crippen molar-refractivity contribution in [2.45, 2.75) is 58.7 Å². The zero-order valence-corrected chi connectivity index (χ0v) is 11.0. The summed E-state index contributed by atoms with van der Waals surface area (Å²) in [5, 5.41) is 3.44. The van der Waals surface area contributed by atoms with Crippen molar-refractivity contribution >= 4 is 6.09 Å². The largest absolute Gasteiger partial charge is 0.444 e. The van der Waals surface area contributed by atoms with Crippen molar-refractivity contribution < 1.29 is 9.53 Å². The molecular formula is C12H24N2O2. The number of nitrogens with zero attached hydrogens (tertiary/aromatic N) is 1. The normalized spacial score (nSPS) is 27.4. The summed E-state index contributed by atoms with van der Waals surface area (Å²) in [5.74, 6) is 0. The molecule has 1 rings (SSSR count). The van der Waals surface area contributed by atoms with Gasteiger partial charge >= 0.3 is 6.09 Å². The number of ether oxygens (including phenoxy) is 1. The average molecular weight is 228 g/mol. The van der Waals surface area contributed by atoms with Gasteiger partial charge in [0, 0.05) is 25.2 Å². The Bertz CT molecular complexity index is 248. The molecule has 1 fully saturated rings. The maximum absolute atomic E-state index is 11.9. The Morgan fingerprint density at radius 2 is 1.94 bits per heavy atom.